The smallest absolute Gasteiger partial charge is 0.253 e. The van der Waals surface area contributed by atoms with Crippen LogP contribution in [0.15, 0.2) is 53.3 Å². The van der Waals surface area contributed by atoms with Crippen molar-refractivity contribution in [1.29, 1.82) is 0 Å². The van der Waals surface area contributed by atoms with Crippen molar-refractivity contribution in [1.82, 2.24) is 30.1 Å². The number of fused-ring (bicyclic) bond motifs is 2. The lowest BCUT2D eigenvalue weighted by molar-refractivity contribution is 0.0214. The van der Waals surface area contributed by atoms with Crippen molar-refractivity contribution in [3.05, 3.63) is 75.8 Å². The zero-order valence-corrected chi connectivity index (χ0v) is 18.5. The molecule has 1 fully saturated rings. The molecule has 1 unspecified atom stereocenters. The van der Waals surface area contributed by atoms with E-state index in [2.05, 4.69) is 37.5 Å². The van der Waals surface area contributed by atoms with Gasteiger partial charge in [0, 0.05) is 36.7 Å². The molecule has 1 saturated heterocycles. The first-order valence-electron chi connectivity index (χ1n) is 11.3. The van der Waals surface area contributed by atoms with Crippen molar-refractivity contribution in [3.63, 3.8) is 0 Å². The first-order chi connectivity index (χ1) is 16.8. The fourth-order valence-electron chi connectivity index (χ4n) is 4.60. The van der Waals surface area contributed by atoms with E-state index in [-0.39, 0.29) is 12.4 Å². The van der Waals surface area contributed by atoms with Crippen LogP contribution in [0.4, 0.5) is 0 Å². The van der Waals surface area contributed by atoms with Gasteiger partial charge in [-0.3, -0.25) is 9.69 Å². The highest BCUT2D eigenvalue weighted by atomic mass is 16.7. The molecule has 174 valence electrons. The normalized spacial score (nSPS) is 16.7. The fourth-order valence-corrected chi connectivity index (χ4v) is 4.60. The minimum atomic E-state index is -0.409. The molecule has 1 atom stereocenters. The number of H-pyrrole nitrogens is 1. The van der Waals surface area contributed by atoms with E-state index in [1.54, 1.807) is 10.7 Å². The number of aryl methyl sites for hydroxylation is 2. The molecule has 4 aromatic rings. The van der Waals surface area contributed by atoms with E-state index in [0.717, 1.165) is 11.8 Å². The Morgan fingerprint density at radius 1 is 1.03 bits per heavy atom. The van der Waals surface area contributed by atoms with Crippen LogP contribution in [-0.2, 0) is 17.7 Å². The first-order valence-corrected chi connectivity index (χ1v) is 11.3. The van der Waals surface area contributed by atoms with Crippen molar-refractivity contribution >= 4 is 10.9 Å². The second-order valence-electron chi connectivity index (χ2n) is 8.39. The maximum absolute atomic E-state index is 13.3. The van der Waals surface area contributed by atoms with Gasteiger partial charge in [0.1, 0.15) is 6.04 Å². The minimum Gasteiger partial charge on any atom is -0.454 e. The molecule has 0 saturated carbocycles. The zero-order chi connectivity index (χ0) is 22.9. The average molecular weight is 460 g/mol. The van der Waals surface area contributed by atoms with Gasteiger partial charge < -0.3 is 19.2 Å². The summed E-state index contributed by atoms with van der Waals surface area (Å²) >= 11 is 0. The lowest BCUT2D eigenvalue weighted by Gasteiger charge is -2.33. The third-order valence-electron chi connectivity index (χ3n) is 6.33. The first kappa shape index (κ1) is 20.8. The third-order valence-corrected chi connectivity index (χ3v) is 6.33. The summed E-state index contributed by atoms with van der Waals surface area (Å²) in [6.45, 7) is 3.31. The van der Waals surface area contributed by atoms with Gasteiger partial charge in [-0.25, -0.2) is 4.68 Å². The average Bonchev–Trinajstić information content (AvgIpc) is 3.52. The maximum atomic E-state index is 13.3. The molecule has 0 aliphatic carbocycles. The molecular formula is C24H24N6O4. The van der Waals surface area contributed by atoms with Gasteiger partial charge in [0.15, 0.2) is 17.3 Å². The van der Waals surface area contributed by atoms with Crippen LogP contribution < -0.4 is 15.0 Å². The van der Waals surface area contributed by atoms with Crippen molar-refractivity contribution in [2.45, 2.75) is 19.0 Å². The standard InChI is InChI=1S/C24H24N6O4/c31-24-18(12-17-13-20-21(34-15-33-20)14-19(17)25-24)22(29-8-10-32-11-9-29)23-26-27-28-30(23)7-6-16-4-2-1-3-5-16/h1-5,12-14,22H,6-11,15H2,(H,25,31). The van der Waals surface area contributed by atoms with Crippen molar-refractivity contribution in [2.24, 2.45) is 0 Å². The highest BCUT2D eigenvalue weighted by Gasteiger charge is 2.31. The van der Waals surface area contributed by atoms with Gasteiger partial charge >= 0.3 is 0 Å². The summed E-state index contributed by atoms with van der Waals surface area (Å²) in [4.78, 5) is 18.6. The number of rotatable bonds is 6. The number of tetrazole rings is 1. The Hall–Kier alpha value is -3.76. The Balaban J connectivity index is 1.41. The van der Waals surface area contributed by atoms with Crippen LogP contribution in [0.2, 0.25) is 0 Å². The Bertz CT molecular complexity index is 1360. The Labute approximate surface area is 195 Å². The minimum absolute atomic E-state index is 0.176. The van der Waals surface area contributed by atoms with Gasteiger partial charge in [0.05, 0.1) is 18.7 Å². The molecule has 34 heavy (non-hydrogen) atoms. The van der Waals surface area contributed by atoms with Gasteiger partial charge in [-0.05, 0) is 34.5 Å². The molecule has 10 nitrogen and oxygen atoms in total. The van der Waals surface area contributed by atoms with Gasteiger partial charge in [0.2, 0.25) is 6.79 Å². The van der Waals surface area contributed by atoms with Crippen LogP contribution in [0.3, 0.4) is 0 Å². The maximum Gasteiger partial charge on any atom is 0.253 e. The number of morpholine rings is 1. The lowest BCUT2D eigenvalue weighted by Crippen LogP contribution is -2.42. The van der Waals surface area contributed by atoms with Gasteiger partial charge in [-0.1, -0.05) is 30.3 Å². The second kappa shape index (κ2) is 8.88. The number of pyridine rings is 1. The van der Waals surface area contributed by atoms with E-state index < -0.39 is 6.04 Å². The summed E-state index contributed by atoms with van der Waals surface area (Å²) in [6, 6.07) is 15.4. The predicted molar refractivity (Wildman–Crippen MR) is 123 cm³/mol. The summed E-state index contributed by atoms with van der Waals surface area (Å²) in [7, 11) is 0. The van der Waals surface area contributed by atoms with Crippen molar-refractivity contribution < 1.29 is 14.2 Å². The van der Waals surface area contributed by atoms with Crippen molar-refractivity contribution in [3.8, 4) is 11.5 Å². The SMILES string of the molecule is O=c1[nH]c2cc3c(cc2cc1C(c1nnnn1CCc1ccccc1)N1CCOCC1)OCO3. The molecular weight excluding hydrogens is 436 g/mol. The van der Waals surface area contributed by atoms with Crippen molar-refractivity contribution in [2.75, 3.05) is 33.1 Å². The number of nitrogens with zero attached hydrogens (tertiary/aromatic N) is 5. The Morgan fingerprint density at radius 3 is 2.65 bits per heavy atom. The quantitative estimate of drug-likeness (QED) is 0.465. The predicted octanol–water partition coefficient (Wildman–Crippen LogP) is 1.91. The van der Waals surface area contributed by atoms with Crippen LogP contribution in [-0.4, -0.2) is 63.2 Å². The lowest BCUT2D eigenvalue weighted by atomic mass is 10.0. The number of hydrogen-bond acceptors (Lipinski definition) is 8. The molecule has 2 aliphatic rings. The highest BCUT2D eigenvalue weighted by Crippen LogP contribution is 2.36. The molecule has 2 aromatic carbocycles. The number of ether oxygens (including phenoxy) is 3. The van der Waals surface area contributed by atoms with E-state index >= 15 is 0 Å². The second-order valence-corrected chi connectivity index (χ2v) is 8.39. The number of aromatic nitrogens is 5. The van der Waals surface area contributed by atoms with E-state index in [9.17, 15) is 4.79 Å². The Kier molecular flexibility index (Phi) is 5.44. The molecule has 0 amide bonds. The molecule has 2 aliphatic heterocycles. The van der Waals surface area contributed by atoms with Crippen LogP contribution in [0.5, 0.6) is 11.5 Å². The van der Waals surface area contributed by atoms with Crippen LogP contribution in [0.1, 0.15) is 23.0 Å². The molecule has 0 spiro atoms. The van der Waals surface area contributed by atoms with Crippen LogP contribution in [0, 0.1) is 0 Å². The van der Waals surface area contributed by atoms with Gasteiger partial charge in [-0.2, -0.15) is 0 Å². The van der Waals surface area contributed by atoms with Gasteiger partial charge in [0.25, 0.3) is 5.56 Å². The summed E-state index contributed by atoms with van der Waals surface area (Å²) in [5.41, 5.74) is 2.30. The van der Waals surface area contributed by atoms with E-state index in [1.165, 1.54) is 5.56 Å². The summed E-state index contributed by atoms with van der Waals surface area (Å²) in [6.07, 6.45) is 0.784. The van der Waals surface area contributed by atoms with Gasteiger partial charge in [-0.15, -0.1) is 5.10 Å². The molecule has 4 heterocycles. The van der Waals surface area contributed by atoms with Crippen LogP contribution >= 0.6 is 0 Å². The topological polar surface area (TPSA) is 107 Å². The molecule has 6 rings (SSSR count). The monoisotopic (exact) mass is 460 g/mol. The number of hydrogen-bond donors (Lipinski definition) is 1. The molecule has 10 heteroatoms. The fraction of sp³-hybridized carbons (Fsp3) is 0.333. The largest absolute Gasteiger partial charge is 0.454 e. The van der Waals surface area contributed by atoms with E-state index in [4.69, 9.17) is 14.2 Å². The summed E-state index contributed by atoms with van der Waals surface area (Å²) in [5, 5.41) is 13.5. The Morgan fingerprint density at radius 2 is 1.82 bits per heavy atom. The number of benzene rings is 2. The molecule has 1 N–H and O–H groups in total. The summed E-state index contributed by atoms with van der Waals surface area (Å²) < 4.78 is 18.4. The van der Waals surface area contributed by atoms with Crippen LogP contribution in [0.25, 0.3) is 10.9 Å². The van der Waals surface area contributed by atoms with E-state index in [0.29, 0.717) is 61.3 Å². The number of nitrogens with one attached hydrogen (secondary N) is 1. The molecule has 0 radical (unpaired) electrons. The highest BCUT2D eigenvalue weighted by molar-refractivity contribution is 5.83. The number of aromatic amines is 1. The summed E-state index contributed by atoms with van der Waals surface area (Å²) in [5.74, 6) is 1.94. The molecule has 2 aromatic heterocycles. The third kappa shape index (κ3) is 3.91. The molecule has 0 bridgehead atoms. The zero-order valence-electron chi connectivity index (χ0n) is 18.5. The van der Waals surface area contributed by atoms with E-state index in [1.807, 2.05) is 30.3 Å².